The van der Waals surface area contributed by atoms with E-state index in [1.807, 2.05) is 49.6 Å². The van der Waals surface area contributed by atoms with Crippen LogP contribution in [0.5, 0.6) is 0 Å². The van der Waals surface area contributed by atoms with Crippen LogP contribution in [-0.4, -0.2) is 12.2 Å². The number of carbonyl (C=O) groups excluding carboxylic acids is 1. The summed E-state index contributed by atoms with van der Waals surface area (Å²) in [7, 11) is 0. The van der Waals surface area contributed by atoms with Crippen molar-refractivity contribution in [2.75, 3.05) is 17.0 Å². The third-order valence-electron chi connectivity index (χ3n) is 2.93. The second kappa shape index (κ2) is 6.45. The summed E-state index contributed by atoms with van der Waals surface area (Å²) in [6, 6.07) is 13.2. The summed E-state index contributed by atoms with van der Waals surface area (Å²) in [6.45, 7) is 1.95. The summed E-state index contributed by atoms with van der Waals surface area (Å²) in [6.07, 6.45) is 1.98. The molecular weight excluding hydrogens is 270 g/mol. The average Bonchev–Trinajstić information content (AvgIpc) is 2.47. The summed E-state index contributed by atoms with van der Waals surface area (Å²) in [4.78, 5) is 13.4. The number of aryl methyl sites for hydroxylation is 1. The lowest BCUT2D eigenvalue weighted by atomic mass is 10.1. The maximum absolute atomic E-state index is 12.4. The van der Waals surface area contributed by atoms with Gasteiger partial charge in [-0.2, -0.15) is 0 Å². The molecule has 104 valence electrons. The third kappa shape index (κ3) is 3.12. The predicted molar refractivity (Wildman–Crippen MR) is 85.2 cm³/mol. The zero-order chi connectivity index (χ0) is 14.5. The number of nitrogens with one attached hydrogen (secondary N) is 2. The van der Waals surface area contributed by atoms with Gasteiger partial charge in [-0.15, -0.1) is 11.8 Å². The van der Waals surface area contributed by atoms with Gasteiger partial charge in [-0.05, 0) is 43.0 Å². The number of hydrogen-bond donors (Lipinski definition) is 3. The summed E-state index contributed by atoms with van der Waals surface area (Å²) in [5.74, 6) is 5.29. The first-order chi connectivity index (χ1) is 9.65. The van der Waals surface area contributed by atoms with E-state index < -0.39 is 0 Å². The van der Waals surface area contributed by atoms with Crippen LogP contribution >= 0.6 is 11.8 Å². The number of hydrazine groups is 1. The highest BCUT2D eigenvalue weighted by Crippen LogP contribution is 2.26. The Labute approximate surface area is 122 Å². The van der Waals surface area contributed by atoms with Crippen LogP contribution in [0.25, 0.3) is 0 Å². The first-order valence-electron chi connectivity index (χ1n) is 6.17. The van der Waals surface area contributed by atoms with Gasteiger partial charge < -0.3 is 10.7 Å². The van der Waals surface area contributed by atoms with Crippen LogP contribution in [0.1, 0.15) is 15.9 Å². The molecule has 0 saturated carbocycles. The van der Waals surface area contributed by atoms with Gasteiger partial charge in [0.2, 0.25) is 0 Å². The topological polar surface area (TPSA) is 67.2 Å². The molecule has 0 heterocycles. The second-order valence-electron chi connectivity index (χ2n) is 4.35. The number of hydrogen-bond acceptors (Lipinski definition) is 4. The van der Waals surface area contributed by atoms with Crippen molar-refractivity contribution in [3.63, 3.8) is 0 Å². The Balaban J connectivity index is 2.28. The molecule has 1 amide bonds. The van der Waals surface area contributed by atoms with Gasteiger partial charge >= 0.3 is 0 Å². The third-order valence-corrected chi connectivity index (χ3v) is 3.73. The van der Waals surface area contributed by atoms with E-state index in [2.05, 4.69) is 10.7 Å². The largest absolute Gasteiger partial charge is 0.323 e. The summed E-state index contributed by atoms with van der Waals surface area (Å²) in [5, 5.41) is 2.92. The van der Waals surface area contributed by atoms with Crippen molar-refractivity contribution in [2.45, 2.75) is 11.8 Å². The standard InChI is InChI=1S/C15H17N3OS/c1-10-7-8-11(13(9-10)18-16)15(19)17-12-5-3-4-6-14(12)20-2/h3-9,18H,16H2,1-2H3,(H,17,19). The number of rotatable bonds is 4. The van der Waals surface area contributed by atoms with E-state index in [1.165, 1.54) is 0 Å². The zero-order valence-electron chi connectivity index (χ0n) is 11.4. The van der Waals surface area contributed by atoms with Crippen molar-refractivity contribution < 1.29 is 4.79 Å². The number of amides is 1. The molecule has 0 radical (unpaired) electrons. The number of thioether (sulfide) groups is 1. The van der Waals surface area contributed by atoms with Crippen molar-refractivity contribution >= 4 is 29.0 Å². The monoisotopic (exact) mass is 287 g/mol. The van der Waals surface area contributed by atoms with Crippen molar-refractivity contribution in [1.82, 2.24) is 0 Å². The lowest BCUT2D eigenvalue weighted by molar-refractivity contribution is 0.102. The number of anilines is 2. The summed E-state index contributed by atoms with van der Waals surface area (Å²) < 4.78 is 0. The fraction of sp³-hybridized carbons (Fsp3) is 0.133. The van der Waals surface area contributed by atoms with Gasteiger partial charge in [-0.1, -0.05) is 18.2 Å². The first kappa shape index (κ1) is 14.4. The van der Waals surface area contributed by atoms with E-state index in [0.717, 1.165) is 16.1 Å². The van der Waals surface area contributed by atoms with Crippen LogP contribution in [0.15, 0.2) is 47.4 Å². The van der Waals surface area contributed by atoms with Gasteiger partial charge in [-0.25, -0.2) is 0 Å². The quantitative estimate of drug-likeness (QED) is 0.459. The van der Waals surface area contributed by atoms with Gasteiger partial charge in [0.25, 0.3) is 5.91 Å². The average molecular weight is 287 g/mol. The highest BCUT2D eigenvalue weighted by molar-refractivity contribution is 7.98. The number of nitrogens with two attached hydrogens (primary N) is 1. The predicted octanol–water partition coefficient (Wildman–Crippen LogP) is 3.25. The maximum Gasteiger partial charge on any atom is 0.257 e. The molecule has 4 N–H and O–H groups in total. The van der Waals surface area contributed by atoms with E-state index >= 15 is 0 Å². The maximum atomic E-state index is 12.4. The number of benzene rings is 2. The van der Waals surface area contributed by atoms with E-state index in [4.69, 9.17) is 5.84 Å². The molecule has 0 aromatic heterocycles. The molecular formula is C15H17N3OS. The molecule has 5 heteroatoms. The van der Waals surface area contributed by atoms with E-state index in [9.17, 15) is 4.79 Å². The molecule has 4 nitrogen and oxygen atoms in total. The minimum Gasteiger partial charge on any atom is -0.323 e. The SMILES string of the molecule is CSc1ccccc1NC(=O)c1ccc(C)cc1NN. The molecule has 0 bridgehead atoms. The van der Waals surface area contributed by atoms with Crippen LogP contribution in [-0.2, 0) is 0 Å². The molecule has 0 saturated heterocycles. The number of para-hydroxylation sites is 1. The summed E-state index contributed by atoms with van der Waals surface area (Å²) >= 11 is 1.59. The Morgan fingerprint density at radius 2 is 1.90 bits per heavy atom. The van der Waals surface area contributed by atoms with E-state index in [0.29, 0.717) is 11.3 Å². The molecule has 2 rings (SSSR count). The van der Waals surface area contributed by atoms with Crippen LogP contribution < -0.4 is 16.6 Å². The molecule has 2 aromatic carbocycles. The lowest BCUT2D eigenvalue weighted by Crippen LogP contribution is -2.17. The smallest absolute Gasteiger partial charge is 0.257 e. The molecule has 0 aliphatic rings. The molecule has 2 aromatic rings. The number of nitrogen functional groups attached to an aromatic ring is 1. The first-order valence-corrected chi connectivity index (χ1v) is 7.40. The van der Waals surface area contributed by atoms with Crippen molar-refractivity contribution in [3.8, 4) is 0 Å². The van der Waals surface area contributed by atoms with Gasteiger partial charge in [0, 0.05) is 4.90 Å². The highest BCUT2D eigenvalue weighted by Gasteiger charge is 2.12. The molecule has 0 fully saturated rings. The van der Waals surface area contributed by atoms with Gasteiger partial charge in [0.1, 0.15) is 0 Å². The van der Waals surface area contributed by atoms with Crippen LogP contribution in [0, 0.1) is 6.92 Å². The van der Waals surface area contributed by atoms with Gasteiger partial charge in [0.05, 0.1) is 16.9 Å². The Hall–Kier alpha value is -1.98. The van der Waals surface area contributed by atoms with Crippen molar-refractivity contribution in [1.29, 1.82) is 0 Å². The number of carbonyl (C=O) groups is 1. The van der Waals surface area contributed by atoms with Crippen LogP contribution in [0.3, 0.4) is 0 Å². The lowest BCUT2D eigenvalue weighted by Gasteiger charge is -2.12. The molecule has 0 unspecified atom stereocenters. The minimum atomic E-state index is -0.181. The fourth-order valence-corrected chi connectivity index (χ4v) is 2.47. The van der Waals surface area contributed by atoms with E-state index in [1.54, 1.807) is 17.8 Å². The van der Waals surface area contributed by atoms with Crippen molar-refractivity contribution in [2.24, 2.45) is 5.84 Å². The van der Waals surface area contributed by atoms with Crippen LogP contribution in [0.4, 0.5) is 11.4 Å². The normalized spacial score (nSPS) is 10.2. The van der Waals surface area contributed by atoms with E-state index in [-0.39, 0.29) is 5.91 Å². The zero-order valence-corrected chi connectivity index (χ0v) is 12.3. The highest BCUT2D eigenvalue weighted by atomic mass is 32.2. The Kier molecular flexibility index (Phi) is 4.65. The van der Waals surface area contributed by atoms with Gasteiger partial charge in [0.15, 0.2) is 0 Å². The Morgan fingerprint density at radius 3 is 2.60 bits per heavy atom. The minimum absolute atomic E-state index is 0.181. The molecule has 0 aliphatic carbocycles. The molecule has 0 aliphatic heterocycles. The van der Waals surface area contributed by atoms with Crippen LogP contribution in [0.2, 0.25) is 0 Å². The Morgan fingerprint density at radius 1 is 1.15 bits per heavy atom. The second-order valence-corrected chi connectivity index (χ2v) is 5.20. The fourth-order valence-electron chi connectivity index (χ4n) is 1.91. The molecule has 0 spiro atoms. The summed E-state index contributed by atoms with van der Waals surface area (Å²) in [5.41, 5.74) is 5.54. The Bertz CT molecular complexity index is 628. The molecule has 20 heavy (non-hydrogen) atoms. The van der Waals surface area contributed by atoms with Gasteiger partial charge in [-0.3, -0.25) is 10.6 Å². The molecule has 0 atom stereocenters. The van der Waals surface area contributed by atoms with Crippen molar-refractivity contribution in [3.05, 3.63) is 53.6 Å².